The van der Waals surface area contributed by atoms with E-state index in [1.807, 2.05) is 17.7 Å². The van der Waals surface area contributed by atoms with Crippen molar-refractivity contribution in [2.75, 3.05) is 0 Å². The number of rotatable bonds is 1. The summed E-state index contributed by atoms with van der Waals surface area (Å²) in [6.07, 6.45) is 3.46. The van der Waals surface area contributed by atoms with Crippen LogP contribution in [0.1, 0.15) is 0 Å². The van der Waals surface area contributed by atoms with Crippen molar-refractivity contribution in [3.63, 3.8) is 0 Å². The predicted molar refractivity (Wildman–Crippen MR) is 64.9 cm³/mol. The Morgan fingerprint density at radius 3 is 2.82 bits per heavy atom. The lowest BCUT2D eigenvalue weighted by molar-refractivity contribution is -0.384. The largest absolute Gasteiger partial charge is 0.342 e. The molecule has 0 aliphatic rings. The van der Waals surface area contributed by atoms with Gasteiger partial charge in [-0.15, -0.1) is 0 Å². The predicted octanol–water partition coefficient (Wildman–Crippen LogP) is 2.63. The SMILES string of the molecule is Cn1c2ccc([N+](=O)[O-])cc2c2ccncc21. The van der Waals surface area contributed by atoms with Gasteiger partial charge >= 0.3 is 0 Å². The van der Waals surface area contributed by atoms with Crippen molar-refractivity contribution >= 4 is 27.5 Å². The summed E-state index contributed by atoms with van der Waals surface area (Å²) in [7, 11) is 1.93. The molecule has 0 spiro atoms. The molecular weight excluding hydrogens is 218 g/mol. The summed E-state index contributed by atoms with van der Waals surface area (Å²) in [4.78, 5) is 14.5. The van der Waals surface area contributed by atoms with E-state index in [4.69, 9.17) is 0 Å². The third kappa shape index (κ3) is 1.29. The summed E-state index contributed by atoms with van der Waals surface area (Å²) in [5.41, 5.74) is 2.06. The molecule has 0 fully saturated rings. The smallest absolute Gasteiger partial charge is 0.270 e. The molecule has 84 valence electrons. The molecule has 0 saturated heterocycles. The fourth-order valence-electron chi connectivity index (χ4n) is 2.16. The number of nitrogens with zero attached hydrogens (tertiary/aromatic N) is 3. The number of hydrogen-bond acceptors (Lipinski definition) is 3. The van der Waals surface area contributed by atoms with Gasteiger partial charge < -0.3 is 4.57 Å². The molecule has 0 N–H and O–H groups in total. The monoisotopic (exact) mass is 227 g/mol. The molecule has 3 aromatic rings. The maximum Gasteiger partial charge on any atom is 0.270 e. The quantitative estimate of drug-likeness (QED) is 0.474. The first kappa shape index (κ1) is 9.77. The molecule has 17 heavy (non-hydrogen) atoms. The summed E-state index contributed by atoms with van der Waals surface area (Å²) in [6.45, 7) is 0. The summed E-state index contributed by atoms with van der Waals surface area (Å²) in [5.74, 6) is 0. The molecule has 5 nitrogen and oxygen atoms in total. The van der Waals surface area contributed by atoms with Gasteiger partial charge in [0.1, 0.15) is 0 Å². The van der Waals surface area contributed by atoms with Crippen molar-refractivity contribution in [2.45, 2.75) is 0 Å². The van der Waals surface area contributed by atoms with Crippen LogP contribution in [0.4, 0.5) is 5.69 Å². The van der Waals surface area contributed by atoms with E-state index in [2.05, 4.69) is 4.98 Å². The molecule has 2 aromatic heterocycles. The van der Waals surface area contributed by atoms with Crippen LogP contribution >= 0.6 is 0 Å². The first-order valence-electron chi connectivity index (χ1n) is 5.15. The number of nitro groups is 1. The highest BCUT2D eigenvalue weighted by Gasteiger charge is 2.12. The van der Waals surface area contributed by atoms with Crippen LogP contribution in [0.5, 0.6) is 0 Å². The Kier molecular flexibility index (Phi) is 1.89. The van der Waals surface area contributed by atoms with Crippen molar-refractivity contribution in [1.82, 2.24) is 9.55 Å². The minimum atomic E-state index is -0.376. The van der Waals surface area contributed by atoms with Gasteiger partial charge in [-0.05, 0) is 12.1 Å². The van der Waals surface area contributed by atoms with Gasteiger partial charge in [0.25, 0.3) is 5.69 Å². The standard InChI is InChI=1S/C12H9N3O2/c1-14-11-3-2-8(15(16)17)6-10(11)9-4-5-13-7-12(9)14/h2-7H,1H3. The zero-order chi connectivity index (χ0) is 12.0. The van der Waals surface area contributed by atoms with Crippen molar-refractivity contribution in [2.24, 2.45) is 7.05 Å². The Morgan fingerprint density at radius 2 is 2.06 bits per heavy atom. The number of nitro benzene ring substituents is 1. The van der Waals surface area contributed by atoms with Gasteiger partial charge in [-0.3, -0.25) is 15.1 Å². The van der Waals surface area contributed by atoms with Gasteiger partial charge in [-0.1, -0.05) is 0 Å². The molecular formula is C12H9N3O2. The molecule has 2 heterocycles. The Labute approximate surface area is 96.5 Å². The fraction of sp³-hybridized carbons (Fsp3) is 0.0833. The van der Waals surface area contributed by atoms with Gasteiger partial charge in [0.15, 0.2) is 0 Å². The molecule has 0 aliphatic heterocycles. The maximum atomic E-state index is 10.8. The Hall–Kier alpha value is -2.43. The van der Waals surface area contributed by atoms with Crippen LogP contribution in [0.15, 0.2) is 36.7 Å². The van der Waals surface area contributed by atoms with E-state index in [0.717, 1.165) is 21.8 Å². The number of non-ortho nitro benzene ring substituents is 1. The highest BCUT2D eigenvalue weighted by atomic mass is 16.6. The first-order valence-corrected chi connectivity index (χ1v) is 5.15. The van der Waals surface area contributed by atoms with Gasteiger partial charge in [0.2, 0.25) is 0 Å². The van der Waals surface area contributed by atoms with Crippen LogP contribution in [-0.2, 0) is 7.05 Å². The van der Waals surface area contributed by atoms with Crippen molar-refractivity contribution in [1.29, 1.82) is 0 Å². The van der Waals surface area contributed by atoms with E-state index in [9.17, 15) is 10.1 Å². The molecule has 0 aliphatic carbocycles. The average molecular weight is 227 g/mol. The summed E-state index contributed by atoms with van der Waals surface area (Å²) < 4.78 is 1.99. The maximum absolute atomic E-state index is 10.8. The second-order valence-electron chi connectivity index (χ2n) is 3.91. The topological polar surface area (TPSA) is 61.0 Å². The molecule has 5 heteroatoms. The number of aryl methyl sites for hydroxylation is 1. The number of hydrogen-bond donors (Lipinski definition) is 0. The van der Waals surface area contributed by atoms with E-state index in [1.165, 1.54) is 6.07 Å². The molecule has 0 amide bonds. The average Bonchev–Trinajstić information content (AvgIpc) is 2.64. The number of pyridine rings is 1. The molecule has 0 atom stereocenters. The minimum Gasteiger partial charge on any atom is -0.342 e. The second-order valence-corrected chi connectivity index (χ2v) is 3.91. The highest BCUT2D eigenvalue weighted by molar-refractivity contribution is 6.08. The Morgan fingerprint density at radius 1 is 1.24 bits per heavy atom. The highest BCUT2D eigenvalue weighted by Crippen LogP contribution is 2.29. The van der Waals surface area contributed by atoms with E-state index in [1.54, 1.807) is 24.5 Å². The van der Waals surface area contributed by atoms with E-state index in [0.29, 0.717) is 0 Å². The fourth-order valence-corrected chi connectivity index (χ4v) is 2.16. The van der Waals surface area contributed by atoms with Crippen LogP contribution < -0.4 is 0 Å². The lowest BCUT2D eigenvalue weighted by Gasteiger charge is -1.96. The molecule has 0 radical (unpaired) electrons. The van der Waals surface area contributed by atoms with Crippen LogP contribution in [-0.4, -0.2) is 14.5 Å². The summed E-state index contributed by atoms with van der Waals surface area (Å²) >= 11 is 0. The van der Waals surface area contributed by atoms with E-state index >= 15 is 0 Å². The van der Waals surface area contributed by atoms with E-state index < -0.39 is 0 Å². The Bertz CT molecular complexity index is 746. The summed E-state index contributed by atoms with van der Waals surface area (Å²) in [6, 6.07) is 6.78. The van der Waals surface area contributed by atoms with Crippen LogP contribution in [0, 0.1) is 10.1 Å². The lowest BCUT2D eigenvalue weighted by atomic mass is 10.2. The summed E-state index contributed by atoms with van der Waals surface area (Å²) in [5, 5.41) is 12.6. The number of benzene rings is 1. The lowest BCUT2D eigenvalue weighted by Crippen LogP contribution is -1.89. The van der Waals surface area contributed by atoms with Crippen LogP contribution in [0.3, 0.4) is 0 Å². The molecule has 3 rings (SSSR count). The van der Waals surface area contributed by atoms with Crippen LogP contribution in [0.2, 0.25) is 0 Å². The van der Waals surface area contributed by atoms with Gasteiger partial charge in [-0.25, -0.2) is 0 Å². The minimum absolute atomic E-state index is 0.113. The number of aromatic nitrogens is 2. The zero-order valence-corrected chi connectivity index (χ0v) is 9.12. The first-order chi connectivity index (χ1) is 8.18. The van der Waals surface area contributed by atoms with Crippen LogP contribution in [0.25, 0.3) is 21.8 Å². The third-order valence-electron chi connectivity index (χ3n) is 3.00. The van der Waals surface area contributed by atoms with Crippen molar-refractivity contribution < 1.29 is 4.92 Å². The zero-order valence-electron chi connectivity index (χ0n) is 9.12. The van der Waals surface area contributed by atoms with Gasteiger partial charge in [0, 0.05) is 41.7 Å². The van der Waals surface area contributed by atoms with Crippen molar-refractivity contribution in [3.05, 3.63) is 46.8 Å². The normalized spacial score (nSPS) is 11.1. The molecule has 0 bridgehead atoms. The Balaban J connectivity index is 2.50. The van der Waals surface area contributed by atoms with Gasteiger partial charge in [-0.2, -0.15) is 0 Å². The third-order valence-corrected chi connectivity index (χ3v) is 3.00. The molecule has 0 saturated carbocycles. The molecule has 0 unspecified atom stereocenters. The van der Waals surface area contributed by atoms with Crippen molar-refractivity contribution in [3.8, 4) is 0 Å². The van der Waals surface area contributed by atoms with Gasteiger partial charge in [0.05, 0.1) is 16.6 Å². The number of fused-ring (bicyclic) bond motifs is 3. The molecule has 1 aromatic carbocycles. The van der Waals surface area contributed by atoms with E-state index in [-0.39, 0.29) is 10.6 Å². The second kappa shape index (κ2) is 3.28.